The molecule has 0 spiro atoms. The first-order valence-corrected chi connectivity index (χ1v) is 13.2. The van der Waals surface area contributed by atoms with E-state index < -0.39 is 36.0 Å². The minimum absolute atomic E-state index is 0.0462. The van der Waals surface area contributed by atoms with Gasteiger partial charge in [0.1, 0.15) is 18.8 Å². The molecular weight excluding hydrogens is 539 g/mol. The van der Waals surface area contributed by atoms with Gasteiger partial charge in [0.05, 0.1) is 24.4 Å². The molecule has 41 heavy (non-hydrogen) atoms. The highest BCUT2D eigenvalue weighted by molar-refractivity contribution is 5.91. The molecule has 9 nitrogen and oxygen atoms in total. The number of hydrogen-bond donors (Lipinski definition) is 1. The number of aryl methyl sites for hydroxylation is 1. The number of ether oxygens (including phenoxy) is 1. The first-order valence-electron chi connectivity index (χ1n) is 13.2. The standard InChI is InChI=1S/C29H30F3N5O4/c1-18-8-21(10-22(9-18)29(30,31)32)16-41-28(40)36-13-19(2)26(38)37-24(11-23-12-33-17-34-23)27(39)35(15-25(36)37)14-20-6-4-3-5-7-20/h3-10,12,17,19,24-25H,11,13-16H2,1-2H3,(H,33,34)/t19-,24-,25+/m0/s1. The maximum atomic E-state index is 13.8. The summed E-state index contributed by atoms with van der Waals surface area (Å²) >= 11 is 0. The van der Waals surface area contributed by atoms with E-state index in [1.165, 1.54) is 29.1 Å². The van der Waals surface area contributed by atoms with Crippen LogP contribution < -0.4 is 0 Å². The fourth-order valence-electron chi connectivity index (χ4n) is 5.48. The molecule has 3 aromatic rings. The van der Waals surface area contributed by atoms with Crippen LogP contribution in [0.2, 0.25) is 0 Å². The van der Waals surface area contributed by atoms with Crippen LogP contribution in [0.25, 0.3) is 0 Å². The predicted molar refractivity (Wildman–Crippen MR) is 141 cm³/mol. The molecule has 2 aliphatic heterocycles. The third-order valence-electron chi connectivity index (χ3n) is 7.39. The summed E-state index contributed by atoms with van der Waals surface area (Å²) in [5.74, 6) is -1.13. The lowest BCUT2D eigenvalue weighted by Gasteiger charge is -2.53. The Balaban J connectivity index is 1.42. The van der Waals surface area contributed by atoms with Crippen LogP contribution >= 0.6 is 0 Å². The van der Waals surface area contributed by atoms with E-state index in [9.17, 15) is 27.6 Å². The van der Waals surface area contributed by atoms with Crippen molar-refractivity contribution in [3.8, 4) is 0 Å². The van der Waals surface area contributed by atoms with E-state index in [0.29, 0.717) is 11.3 Å². The molecule has 0 bridgehead atoms. The van der Waals surface area contributed by atoms with E-state index in [1.54, 1.807) is 18.0 Å². The van der Waals surface area contributed by atoms with E-state index in [-0.39, 0.29) is 50.0 Å². The van der Waals surface area contributed by atoms with Crippen LogP contribution in [0.4, 0.5) is 18.0 Å². The number of nitrogens with one attached hydrogen (secondary N) is 1. The molecular formula is C29H30F3N5O4. The predicted octanol–water partition coefficient (Wildman–Crippen LogP) is 4.13. The number of amides is 3. The number of halogens is 3. The highest BCUT2D eigenvalue weighted by atomic mass is 19.4. The highest BCUT2D eigenvalue weighted by Gasteiger charge is 2.51. The first-order chi connectivity index (χ1) is 19.5. The lowest BCUT2D eigenvalue weighted by Crippen LogP contribution is -2.73. The second kappa shape index (κ2) is 11.3. The molecule has 2 fully saturated rings. The molecule has 0 radical (unpaired) electrons. The van der Waals surface area contributed by atoms with Crippen molar-refractivity contribution in [2.75, 3.05) is 13.1 Å². The summed E-state index contributed by atoms with van der Waals surface area (Å²) in [6.45, 7) is 3.21. The van der Waals surface area contributed by atoms with E-state index in [4.69, 9.17) is 4.74 Å². The largest absolute Gasteiger partial charge is 0.444 e. The summed E-state index contributed by atoms with van der Waals surface area (Å²) in [6, 6.07) is 12.0. The molecule has 3 amide bonds. The maximum absolute atomic E-state index is 13.8. The minimum Gasteiger partial charge on any atom is -0.444 e. The molecule has 0 saturated carbocycles. The molecule has 5 rings (SSSR count). The third kappa shape index (κ3) is 6.06. The van der Waals surface area contributed by atoms with Crippen LogP contribution in [0.1, 0.15) is 34.9 Å². The number of piperazine rings is 1. The number of imidazole rings is 1. The Bertz CT molecular complexity index is 1410. The van der Waals surface area contributed by atoms with Crippen molar-refractivity contribution in [3.05, 3.63) is 89.0 Å². The summed E-state index contributed by atoms with van der Waals surface area (Å²) in [5, 5.41) is 0. The smallest absolute Gasteiger partial charge is 0.416 e. The zero-order valence-electron chi connectivity index (χ0n) is 22.6. The fraction of sp³-hybridized carbons (Fsp3) is 0.379. The zero-order valence-corrected chi connectivity index (χ0v) is 22.6. The summed E-state index contributed by atoms with van der Waals surface area (Å²) in [5.41, 5.74) is 1.31. The number of carbonyl (C=O) groups is 3. The number of nitrogens with zero attached hydrogens (tertiary/aromatic N) is 4. The normalized spacial score (nSPS) is 21.2. The Morgan fingerprint density at radius 3 is 2.51 bits per heavy atom. The van der Waals surface area contributed by atoms with Gasteiger partial charge in [-0.2, -0.15) is 13.2 Å². The van der Waals surface area contributed by atoms with Crippen molar-refractivity contribution >= 4 is 17.9 Å². The quantitative estimate of drug-likeness (QED) is 0.482. The van der Waals surface area contributed by atoms with Crippen molar-refractivity contribution in [3.63, 3.8) is 0 Å². The van der Waals surface area contributed by atoms with Gasteiger partial charge in [-0.25, -0.2) is 9.78 Å². The average Bonchev–Trinajstić information content (AvgIpc) is 3.44. The van der Waals surface area contributed by atoms with Gasteiger partial charge in [-0.3, -0.25) is 14.5 Å². The molecule has 2 aromatic carbocycles. The summed E-state index contributed by atoms with van der Waals surface area (Å²) < 4.78 is 45.4. The summed E-state index contributed by atoms with van der Waals surface area (Å²) in [6.07, 6.45) is -2.88. The monoisotopic (exact) mass is 569 g/mol. The van der Waals surface area contributed by atoms with Crippen molar-refractivity contribution in [1.82, 2.24) is 24.7 Å². The van der Waals surface area contributed by atoms with Gasteiger partial charge in [-0.05, 0) is 30.2 Å². The number of rotatable bonds is 6. The lowest BCUT2D eigenvalue weighted by molar-refractivity contribution is -0.172. The van der Waals surface area contributed by atoms with Crippen LogP contribution in [0.3, 0.4) is 0 Å². The van der Waals surface area contributed by atoms with Crippen LogP contribution in [0.15, 0.2) is 61.1 Å². The average molecular weight is 570 g/mol. The van der Waals surface area contributed by atoms with Gasteiger partial charge in [-0.1, -0.05) is 48.9 Å². The van der Waals surface area contributed by atoms with Crippen LogP contribution in [0.5, 0.6) is 0 Å². The number of benzene rings is 2. The number of H-pyrrole nitrogens is 1. The zero-order chi connectivity index (χ0) is 29.3. The third-order valence-corrected chi connectivity index (χ3v) is 7.39. The van der Waals surface area contributed by atoms with Crippen molar-refractivity contribution in [2.45, 2.75) is 51.8 Å². The first kappa shape index (κ1) is 28.2. The molecule has 2 saturated heterocycles. The summed E-state index contributed by atoms with van der Waals surface area (Å²) in [7, 11) is 0. The SMILES string of the molecule is Cc1cc(COC(=O)N2C[C@H](C)C(=O)N3[C@@H]2CN(Cc2ccccc2)C(=O)[C@@H]3Cc2cnc[nH]2)cc(C(F)(F)F)c1. The van der Waals surface area contributed by atoms with E-state index in [1.807, 2.05) is 30.3 Å². The van der Waals surface area contributed by atoms with Crippen molar-refractivity contribution < 1.29 is 32.3 Å². The van der Waals surface area contributed by atoms with E-state index in [0.717, 1.165) is 17.7 Å². The van der Waals surface area contributed by atoms with Crippen LogP contribution in [-0.2, 0) is 40.1 Å². The number of fused-ring (bicyclic) bond motifs is 1. The minimum atomic E-state index is -4.53. The molecule has 12 heteroatoms. The van der Waals surface area contributed by atoms with Crippen molar-refractivity contribution in [2.24, 2.45) is 5.92 Å². The second-order valence-electron chi connectivity index (χ2n) is 10.5. The molecule has 0 aliphatic carbocycles. The second-order valence-corrected chi connectivity index (χ2v) is 10.5. The number of aromatic amines is 1. The van der Waals surface area contributed by atoms with Crippen molar-refractivity contribution in [1.29, 1.82) is 0 Å². The van der Waals surface area contributed by atoms with Gasteiger partial charge in [0, 0.05) is 31.4 Å². The Hall–Kier alpha value is -4.35. The van der Waals surface area contributed by atoms with E-state index in [2.05, 4.69) is 9.97 Å². The maximum Gasteiger partial charge on any atom is 0.416 e. The molecule has 1 N–H and O–H groups in total. The molecule has 3 heterocycles. The number of carbonyl (C=O) groups excluding carboxylic acids is 3. The molecule has 1 aromatic heterocycles. The Labute approximate surface area is 234 Å². The topological polar surface area (TPSA) is 98.8 Å². The van der Waals surface area contributed by atoms with Gasteiger partial charge in [0.2, 0.25) is 11.8 Å². The van der Waals surface area contributed by atoms with Gasteiger partial charge in [0.15, 0.2) is 0 Å². The van der Waals surface area contributed by atoms with E-state index >= 15 is 0 Å². The Morgan fingerprint density at radius 1 is 1.07 bits per heavy atom. The Kier molecular flexibility index (Phi) is 7.74. The Morgan fingerprint density at radius 2 is 1.83 bits per heavy atom. The van der Waals surface area contributed by atoms with Gasteiger partial charge in [0.25, 0.3) is 0 Å². The number of hydrogen-bond acceptors (Lipinski definition) is 5. The molecule has 3 atom stereocenters. The number of alkyl halides is 3. The van der Waals surface area contributed by atoms with Crippen LogP contribution in [-0.4, -0.2) is 67.9 Å². The molecule has 0 unspecified atom stereocenters. The van der Waals surface area contributed by atoms with Gasteiger partial charge >= 0.3 is 12.3 Å². The van der Waals surface area contributed by atoms with Crippen LogP contribution in [0, 0.1) is 12.8 Å². The summed E-state index contributed by atoms with van der Waals surface area (Å²) in [4.78, 5) is 52.2. The highest BCUT2D eigenvalue weighted by Crippen LogP contribution is 2.32. The molecule has 216 valence electrons. The molecule has 2 aliphatic rings. The number of aromatic nitrogens is 2. The fourth-order valence-corrected chi connectivity index (χ4v) is 5.48. The van der Waals surface area contributed by atoms with Gasteiger partial charge in [-0.15, -0.1) is 0 Å². The van der Waals surface area contributed by atoms with Gasteiger partial charge < -0.3 is 19.5 Å². The lowest BCUT2D eigenvalue weighted by atomic mass is 9.96.